The van der Waals surface area contributed by atoms with Crippen LogP contribution in [0.15, 0.2) is 10.9 Å². The fraction of sp³-hybridized carbons (Fsp3) is 0.700. The topological polar surface area (TPSA) is 49.8 Å². The van der Waals surface area contributed by atoms with Gasteiger partial charge >= 0.3 is 0 Å². The monoisotopic (exact) mass is 195 g/mol. The van der Waals surface area contributed by atoms with E-state index in [4.69, 9.17) is 0 Å². The summed E-state index contributed by atoms with van der Waals surface area (Å²) in [7, 11) is 0. The molecular formula is C10H17N3O. The molecule has 0 saturated carbocycles. The van der Waals surface area contributed by atoms with Gasteiger partial charge in [-0.05, 0) is 26.3 Å². The van der Waals surface area contributed by atoms with Crippen molar-refractivity contribution in [2.24, 2.45) is 0 Å². The van der Waals surface area contributed by atoms with Crippen LogP contribution in [0, 0.1) is 0 Å². The first-order valence-corrected chi connectivity index (χ1v) is 5.31. The minimum atomic E-state index is 0.0908. The highest BCUT2D eigenvalue weighted by Gasteiger charge is 2.17. The number of hydrogen-bond acceptors (Lipinski definition) is 2. The van der Waals surface area contributed by atoms with Crippen molar-refractivity contribution in [2.75, 3.05) is 13.1 Å². The van der Waals surface area contributed by atoms with E-state index in [2.05, 4.69) is 10.4 Å². The molecule has 1 saturated heterocycles. The molecule has 0 aliphatic carbocycles. The van der Waals surface area contributed by atoms with Crippen molar-refractivity contribution in [1.29, 1.82) is 0 Å². The van der Waals surface area contributed by atoms with Gasteiger partial charge in [0.05, 0.1) is 0 Å². The summed E-state index contributed by atoms with van der Waals surface area (Å²) in [6.45, 7) is 4.79. The van der Waals surface area contributed by atoms with Crippen molar-refractivity contribution in [3.63, 3.8) is 0 Å². The van der Waals surface area contributed by atoms with Crippen LogP contribution in [-0.4, -0.2) is 22.9 Å². The molecule has 1 aromatic heterocycles. The summed E-state index contributed by atoms with van der Waals surface area (Å²) in [5.41, 5.74) is 1.18. The van der Waals surface area contributed by atoms with E-state index in [1.807, 2.05) is 6.92 Å². The van der Waals surface area contributed by atoms with Crippen LogP contribution in [0.1, 0.15) is 31.4 Å². The quantitative estimate of drug-likeness (QED) is 0.728. The minimum Gasteiger partial charge on any atom is -0.316 e. The lowest BCUT2D eigenvalue weighted by molar-refractivity contribution is 0.449. The minimum absolute atomic E-state index is 0.0908. The Morgan fingerprint density at radius 3 is 3.07 bits per heavy atom. The Morgan fingerprint density at radius 1 is 1.64 bits per heavy atom. The van der Waals surface area contributed by atoms with Gasteiger partial charge in [0.15, 0.2) is 0 Å². The fourth-order valence-corrected chi connectivity index (χ4v) is 2.02. The lowest BCUT2D eigenvalue weighted by Crippen LogP contribution is -2.28. The van der Waals surface area contributed by atoms with Gasteiger partial charge in [-0.3, -0.25) is 14.6 Å². The van der Waals surface area contributed by atoms with E-state index in [1.165, 1.54) is 12.8 Å². The number of piperidine rings is 1. The standard InChI is InChI=1S/C10H17N3O/c1-2-13-10(14)6-9(12-13)8-4-3-5-11-7-8/h6,8,11-12H,2-5,7H2,1H3. The number of rotatable bonds is 2. The number of aromatic amines is 1. The number of aromatic nitrogens is 2. The molecular weight excluding hydrogens is 178 g/mol. The molecule has 0 radical (unpaired) electrons. The van der Waals surface area contributed by atoms with Crippen LogP contribution in [-0.2, 0) is 6.54 Å². The lowest BCUT2D eigenvalue weighted by Gasteiger charge is -2.21. The molecule has 0 aromatic carbocycles. The van der Waals surface area contributed by atoms with Gasteiger partial charge in [0, 0.05) is 30.8 Å². The molecule has 2 rings (SSSR count). The molecule has 4 nitrogen and oxygen atoms in total. The number of nitrogens with one attached hydrogen (secondary N) is 2. The van der Waals surface area contributed by atoms with E-state index in [0.717, 1.165) is 25.3 Å². The summed E-state index contributed by atoms with van der Waals surface area (Å²) in [6, 6.07) is 1.74. The molecule has 0 spiro atoms. The number of nitrogens with zero attached hydrogens (tertiary/aromatic N) is 1. The molecule has 78 valence electrons. The summed E-state index contributed by atoms with van der Waals surface area (Å²) in [6.07, 6.45) is 2.38. The summed E-state index contributed by atoms with van der Waals surface area (Å²) in [5.74, 6) is 0.490. The highest BCUT2D eigenvalue weighted by Crippen LogP contribution is 2.19. The third-order valence-corrected chi connectivity index (χ3v) is 2.86. The Kier molecular flexibility index (Phi) is 2.72. The molecule has 14 heavy (non-hydrogen) atoms. The first kappa shape index (κ1) is 9.52. The van der Waals surface area contributed by atoms with Crippen LogP contribution in [0.2, 0.25) is 0 Å². The molecule has 2 heterocycles. The van der Waals surface area contributed by atoms with Crippen LogP contribution in [0.3, 0.4) is 0 Å². The van der Waals surface area contributed by atoms with Crippen LogP contribution >= 0.6 is 0 Å². The first-order chi connectivity index (χ1) is 6.81. The smallest absolute Gasteiger partial charge is 0.266 e. The SMILES string of the molecule is CCn1[nH]c(C2CCCNC2)cc1=O. The van der Waals surface area contributed by atoms with Crippen molar-refractivity contribution in [2.45, 2.75) is 32.2 Å². The summed E-state index contributed by atoms with van der Waals surface area (Å²) in [4.78, 5) is 11.4. The zero-order chi connectivity index (χ0) is 9.97. The molecule has 1 aromatic rings. The normalized spacial score (nSPS) is 22.5. The van der Waals surface area contributed by atoms with Gasteiger partial charge in [-0.2, -0.15) is 0 Å². The third kappa shape index (κ3) is 1.75. The molecule has 1 aliphatic rings. The van der Waals surface area contributed by atoms with E-state index >= 15 is 0 Å². The zero-order valence-corrected chi connectivity index (χ0v) is 8.55. The predicted octanol–water partition coefficient (Wildman–Crippen LogP) is 0.663. The van der Waals surface area contributed by atoms with E-state index in [9.17, 15) is 4.79 Å². The van der Waals surface area contributed by atoms with Crippen molar-refractivity contribution < 1.29 is 0 Å². The lowest BCUT2D eigenvalue weighted by atomic mass is 9.96. The number of aryl methyl sites for hydroxylation is 1. The van der Waals surface area contributed by atoms with Gasteiger partial charge in [0.2, 0.25) is 0 Å². The Hall–Kier alpha value is -1.03. The van der Waals surface area contributed by atoms with Crippen LogP contribution in [0.5, 0.6) is 0 Å². The molecule has 1 fully saturated rings. The van der Waals surface area contributed by atoms with Gasteiger partial charge in [0.25, 0.3) is 5.56 Å². The maximum atomic E-state index is 11.4. The maximum Gasteiger partial charge on any atom is 0.266 e. The van der Waals surface area contributed by atoms with Crippen LogP contribution in [0.4, 0.5) is 0 Å². The average Bonchev–Trinajstić information content (AvgIpc) is 2.61. The summed E-state index contributed by atoms with van der Waals surface area (Å²) < 4.78 is 1.66. The second-order valence-corrected chi connectivity index (χ2v) is 3.84. The molecule has 0 amide bonds. The fourth-order valence-electron chi connectivity index (χ4n) is 2.02. The van der Waals surface area contributed by atoms with E-state index in [1.54, 1.807) is 10.7 Å². The van der Waals surface area contributed by atoms with Crippen LogP contribution in [0.25, 0.3) is 0 Å². The van der Waals surface area contributed by atoms with Gasteiger partial charge < -0.3 is 5.32 Å². The number of H-pyrrole nitrogens is 1. The Morgan fingerprint density at radius 2 is 2.50 bits per heavy atom. The Labute approximate surface area is 83.3 Å². The van der Waals surface area contributed by atoms with E-state index in [-0.39, 0.29) is 5.56 Å². The molecule has 1 unspecified atom stereocenters. The van der Waals surface area contributed by atoms with Crippen molar-refractivity contribution in [1.82, 2.24) is 15.1 Å². The first-order valence-electron chi connectivity index (χ1n) is 5.31. The summed E-state index contributed by atoms with van der Waals surface area (Å²) in [5, 5.41) is 6.51. The predicted molar refractivity (Wildman–Crippen MR) is 55.6 cm³/mol. The van der Waals surface area contributed by atoms with E-state index < -0.39 is 0 Å². The molecule has 0 bridgehead atoms. The van der Waals surface area contributed by atoms with Crippen molar-refractivity contribution >= 4 is 0 Å². The molecule has 2 N–H and O–H groups in total. The van der Waals surface area contributed by atoms with E-state index in [0.29, 0.717) is 5.92 Å². The van der Waals surface area contributed by atoms with Crippen molar-refractivity contribution in [3.05, 3.63) is 22.1 Å². The van der Waals surface area contributed by atoms with Gasteiger partial charge in [-0.25, -0.2) is 0 Å². The van der Waals surface area contributed by atoms with Gasteiger partial charge in [-0.15, -0.1) is 0 Å². The molecule has 1 atom stereocenters. The largest absolute Gasteiger partial charge is 0.316 e. The molecule has 4 heteroatoms. The second kappa shape index (κ2) is 4.00. The molecule has 1 aliphatic heterocycles. The van der Waals surface area contributed by atoms with Gasteiger partial charge in [0.1, 0.15) is 0 Å². The van der Waals surface area contributed by atoms with Crippen LogP contribution < -0.4 is 10.9 Å². The average molecular weight is 195 g/mol. The summed E-state index contributed by atoms with van der Waals surface area (Å²) >= 11 is 0. The highest BCUT2D eigenvalue weighted by atomic mass is 16.1. The third-order valence-electron chi connectivity index (χ3n) is 2.86. The Bertz CT molecular complexity index is 346. The van der Waals surface area contributed by atoms with Gasteiger partial charge in [-0.1, -0.05) is 0 Å². The van der Waals surface area contributed by atoms with Crippen molar-refractivity contribution in [3.8, 4) is 0 Å². The highest BCUT2D eigenvalue weighted by molar-refractivity contribution is 5.08. The number of hydrogen-bond donors (Lipinski definition) is 2. The second-order valence-electron chi connectivity index (χ2n) is 3.84. The Balaban J connectivity index is 2.18. The zero-order valence-electron chi connectivity index (χ0n) is 8.55. The maximum absolute atomic E-state index is 11.4.